The topological polar surface area (TPSA) is 73.1 Å². The Morgan fingerprint density at radius 1 is 1.26 bits per heavy atom. The number of carbonyl (C=O) groups excluding carboxylic acids is 1. The van der Waals surface area contributed by atoms with Gasteiger partial charge in [-0.05, 0) is 56.0 Å². The zero-order chi connectivity index (χ0) is 27.0. The van der Waals surface area contributed by atoms with Gasteiger partial charge in [0.15, 0.2) is 5.82 Å². The maximum absolute atomic E-state index is 14.6. The summed E-state index contributed by atoms with van der Waals surface area (Å²) >= 11 is 6.57. The first kappa shape index (κ1) is 26.1. The Morgan fingerprint density at radius 2 is 2.08 bits per heavy atom. The molecule has 1 aliphatic heterocycles. The molecule has 7 nitrogen and oxygen atoms in total. The van der Waals surface area contributed by atoms with Gasteiger partial charge in [-0.3, -0.25) is 4.79 Å². The van der Waals surface area contributed by atoms with E-state index >= 15 is 0 Å². The molecule has 0 bridgehead atoms. The first-order valence-electron chi connectivity index (χ1n) is 12.9. The monoisotopic (exact) mass is 535 g/mol. The van der Waals surface area contributed by atoms with Gasteiger partial charge in [0.2, 0.25) is 5.91 Å². The maximum atomic E-state index is 14.6. The Labute approximate surface area is 226 Å². The molecule has 1 fully saturated rings. The molecule has 2 aromatic carbocycles. The van der Waals surface area contributed by atoms with Crippen molar-refractivity contribution in [2.24, 2.45) is 13.0 Å². The van der Waals surface area contributed by atoms with Crippen molar-refractivity contribution in [1.29, 1.82) is 0 Å². The van der Waals surface area contributed by atoms with Crippen LogP contribution in [0.3, 0.4) is 0 Å². The van der Waals surface area contributed by atoms with Crippen molar-refractivity contribution in [3.8, 4) is 17.1 Å². The average molecular weight is 536 g/mol. The van der Waals surface area contributed by atoms with E-state index in [-0.39, 0.29) is 23.6 Å². The van der Waals surface area contributed by atoms with Crippen LogP contribution in [0.15, 0.2) is 42.7 Å². The number of aryl methyl sites for hydroxylation is 2. The molecule has 1 amide bonds. The minimum Gasteiger partial charge on any atom is -0.487 e. The largest absolute Gasteiger partial charge is 0.487 e. The van der Waals surface area contributed by atoms with Crippen LogP contribution in [-0.4, -0.2) is 37.1 Å². The molecule has 0 aliphatic carbocycles. The first-order chi connectivity index (χ1) is 18.3. The van der Waals surface area contributed by atoms with Crippen LogP contribution < -0.4 is 4.74 Å². The number of hydrogen-bond acceptors (Lipinski definition) is 5. The molecule has 1 saturated heterocycles. The Kier molecular flexibility index (Phi) is 7.34. The Bertz CT molecular complexity index is 1500. The lowest BCUT2D eigenvalue weighted by Crippen LogP contribution is -2.41. The molecule has 198 valence electrons. The molecule has 4 aromatic rings. The highest BCUT2D eigenvalue weighted by molar-refractivity contribution is 6.31. The minimum atomic E-state index is -0.437. The normalized spacial score (nSPS) is 16.7. The Balaban J connectivity index is 1.50. The summed E-state index contributed by atoms with van der Waals surface area (Å²) < 4.78 is 22.6. The number of halogens is 2. The van der Waals surface area contributed by atoms with Gasteiger partial charge in [0, 0.05) is 42.2 Å². The molecular weight excluding hydrogens is 505 g/mol. The van der Waals surface area contributed by atoms with E-state index in [2.05, 4.69) is 17.0 Å². The Hall–Kier alpha value is -3.52. The fourth-order valence-corrected chi connectivity index (χ4v) is 5.58. The van der Waals surface area contributed by atoms with E-state index < -0.39 is 5.82 Å². The molecule has 5 rings (SSSR count). The second-order valence-electron chi connectivity index (χ2n) is 9.95. The molecule has 0 spiro atoms. The number of fused-ring (bicyclic) bond motifs is 1. The van der Waals surface area contributed by atoms with Gasteiger partial charge >= 0.3 is 0 Å². The standard InChI is InChI=1S/C29H31ClFN5O2/c1-5-19-9-10-27(37)36(14-19)18(3)22-12-20(31)13-25(30)24(22)15-38-26-8-6-7-21-23(11-17(2)34-28(21)26)29-32-16-33-35(29)4/h6-8,11-13,16,18-19H,5,9-10,14-15H2,1-4H3/t18-,19?/m0/s1. The smallest absolute Gasteiger partial charge is 0.223 e. The summed E-state index contributed by atoms with van der Waals surface area (Å²) in [5.74, 6) is 1.39. The van der Waals surface area contributed by atoms with Crippen molar-refractivity contribution < 1.29 is 13.9 Å². The van der Waals surface area contributed by atoms with Crippen molar-refractivity contribution in [3.05, 3.63) is 70.4 Å². The van der Waals surface area contributed by atoms with Crippen molar-refractivity contribution in [2.45, 2.75) is 52.7 Å². The number of rotatable bonds is 7. The van der Waals surface area contributed by atoms with Crippen molar-refractivity contribution in [2.75, 3.05) is 6.54 Å². The van der Waals surface area contributed by atoms with Crippen LogP contribution in [0.2, 0.25) is 5.02 Å². The highest BCUT2D eigenvalue weighted by atomic mass is 35.5. The summed E-state index contributed by atoms with van der Waals surface area (Å²) in [4.78, 5) is 23.8. The van der Waals surface area contributed by atoms with Gasteiger partial charge in [-0.1, -0.05) is 37.1 Å². The van der Waals surface area contributed by atoms with E-state index in [0.29, 0.717) is 41.3 Å². The second kappa shape index (κ2) is 10.7. The van der Waals surface area contributed by atoms with E-state index in [1.165, 1.54) is 18.5 Å². The van der Waals surface area contributed by atoms with Gasteiger partial charge < -0.3 is 9.64 Å². The fraction of sp³-hybridized carbons (Fsp3) is 0.379. The summed E-state index contributed by atoms with van der Waals surface area (Å²) in [6.07, 6.45) is 3.92. The lowest BCUT2D eigenvalue weighted by molar-refractivity contribution is -0.137. The van der Waals surface area contributed by atoms with Crippen molar-refractivity contribution >= 4 is 28.4 Å². The van der Waals surface area contributed by atoms with Gasteiger partial charge in [-0.15, -0.1) is 0 Å². The van der Waals surface area contributed by atoms with Crippen LogP contribution in [0.5, 0.6) is 5.75 Å². The number of amides is 1. The van der Waals surface area contributed by atoms with Crippen LogP contribution in [0.4, 0.5) is 4.39 Å². The number of piperidine rings is 1. The number of pyridine rings is 1. The maximum Gasteiger partial charge on any atom is 0.223 e. The number of ether oxygens (including phenoxy) is 1. The van der Waals surface area contributed by atoms with Crippen LogP contribution in [0.1, 0.15) is 56.0 Å². The highest BCUT2D eigenvalue weighted by Crippen LogP contribution is 2.36. The summed E-state index contributed by atoms with van der Waals surface area (Å²) in [6, 6.07) is 10.1. The third kappa shape index (κ3) is 4.97. The average Bonchev–Trinajstić information content (AvgIpc) is 3.32. The molecule has 0 radical (unpaired) electrons. The summed E-state index contributed by atoms with van der Waals surface area (Å²) in [6.45, 7) is 6.75. The predicted molar refractivity (Wildman–Crippen MR) is 145 cm³/mol. The second-order valence-corrected chi connectivity index (χ2v) is 10.4. The lowest BCUT2D eigenvalue weighted by Gasteiger charge is -2.37. The molecule has 2 atom stereocenters. The summed E-state index contributed by atoms with van der Waals surface area (Å²) in [5, 5.41) is 5.36. The van der Waals surface area contributed by atoms with Gasteiger partial charge in [0.1, 0.15) is 30.0 Å². The van der Waals surface area contributed by atoms with Gasteiger partial charge in [0.25, 0.3) is 0 Å². The van der Waals surface area contributed by atoms with E-state index in [4.69, 9.17) is 21.3 Å². The van der Waals surface area contributed by atoms with Crippen LogP contribution in [-0.2, 0) is 18.4 Å². The van der Waals surface area contributed by atoms with Crippen LogP contribution in [0.25, 0.3) is 22.3 Å². The van der Waals surface area contributed by atoms with E-state index in [0.717, 1.165) is 35.3 Å². The molecule has 1 aliphatic rings. The molecule has 0 saturated carbocycles. The van der Waals surface area contributed by atoms with Crippen LogP contribution >= 0.6 is 11.6 Å². The highest BCUT2D eigenvalue weighted by Gasteiger charge is 2.31. The minimum absolute atomic E-state index is 0.0829. The summed E-state index contributed by atoms with van der Waals surface area (Å²) in [5.41, 5.74) is 3.72. The molecule has 3 heterocycles. The quantitative estimate of drug-likeness (QED) is 0.273. The molecule has 1 unspecified atom stereocenters. The van der Waals surface area contributed by atoms with Crippen LogP contribution in [0, 0.1) is 18.7 Å². The fourth-order valence-electron chi connectivity index (χ4n) is 5.31. The molecular formula is C29H31ClFN5O2. The van der Waals surface area contributed by atoms with Crippen molar-refractivity contribution in [1.82, 2.24) is 24.6 Å². The van der Waals surface area contributed by atoms with Gasteiger partial charge in [-0.2, -0.15) is 5.10 Å². The van der Waals surface area contributed by atoms with Crippen molar-refractivity contribution in [3.63, 3.8) is 0 Å². The lowest BCUT2D eigenvalue weighted by atomic mass is 9.92. The number of para-hydroxylation sites is 1. The van der Waals surface area contributed by atoms with E-state index in [1.807, 2.05) is 50.1 Å². The zero-order valence-corrected chi connectivity index (χ0v) is 22.8. The number of nitrogens with zero attached hydrogens (tertiary/aromatic N) is 5. The number of carbonyl (C=O) groups is 1. The Morgan fingerprint density at radius 3 is 2.82 bits per heavy atom. The predicted octanol–water partition coefficient (Wildman–Crippen LogP) is 6.42. The zero-order valence-electron chi connectivity index (χ0n) is 22.0. The molecule has 0 N–H and O–H groups in total. The van der Waals surface area contributed by atoms with Gasteiger partial charge in [-0.25, -0.2) is 19.0 Å². The number of likely N-dealkylation sites (tertiary alicyclic amines) is 1. The van der Waals surface area contributed by atoms with E-state index in [1.54, 1.807) is 4.68 Å². The molecule has 38 heavy (non-hydrogen) atoms. The number of aromatic nitrogens is 4. The molecule has 2 aromatic heterocycles. The summed E-state index contributed by atoms with van der Waals surface area (Å²) in [7, 11) is 1.85. The first-order valence-corrected chi connectivity index (χ1v) is 13.3. The third-order valence-electron chi connectivity index (χ3n) is 7.49. The van der Waals surface area contributed by atoms with E-state index in [9.17, 15) is 9.18 Å². The van der Waals surface area contributed by atoms with Gasteiger partial charge in [0.05, 0.1) is 11.1 Å². The number of hydrogen-bond donors (Lipinski definition) is 0. The SMILES string of the molecule is CCC1CCC(=O)N([C@@H](C)c2cc(F)cc(Cl)c2COc2cccc3c(-c4ncnn4C)cc(C)nc23)C1. The number of benzene rings is 2. The molecule has 9 heteroatoms. The third-order valence-corrected chi connectivity index (χ3v) is 7.82.